The summed E-state index contributed by atoms with van der Waals surface area (Å²) >= 11 is 6.27. The lowest BCUT2D eigenvalue weighted by Crippen LogP contribution is -2.35. The van der Waals surface area contributed by atoms with Gasteiger partial charge in [0.15, 0.2) is 0 Å². The number of amides is 1. The molecule has 5 nitrogen and oxygen atoms in total. The Hall–Kier alpha value is -2.53. The number of para-hydroxylation sites is 2. The molecular weight excluding hydrogens is 446 g/mol. The Morgan fingerprint density at radius 2 is 1.76 bits per heavy atom. The molecule has 0 aliphatic carbocycles. The molecule has 0 aliphatic rings. The molecule has 0 saturated heterocycles. The van der Waals surface area contributed by atoms with Gasteiger partial charge in [-0.05, 0) is 68.5 Å². The van der Waals surface area contributed by atoms with Crippen LogP contribution < -0.4 is 10.1 Å². The topological polar surface area (TPSA) is 56.1 Å². The summed E-state index contributed by atoms with van der Waals surface area (Å²) in [7, 11) is 0. The summed E-state index contributed by atoms with van der Waals surface area (Å²) in [6, 6.07) is 12.3. The maximum Gasteiger partial charge on any atom is 0.225 e. The van der Waals surface area contributed by atoms with Gasteiger partial charge < -0.3 is 14.6 Å². The predicted octanol–water partition coefficient (Wildman–Crippen LogP) is 6.65. The van der Waals surface area contributed by atoms with Crippen LogP contribution in [0.3, 0.4) is 0 Å². The number of fused-ring (bicyclic) bond motifs is 1. The molecular formula is C28H38ClN3O2. The van der Waals surface area contributed by atoms with Crippen molar-refractivity contribution in [2.75, 3.05) is 13.2 Å². The predicted molar refractivity (Wildman–Crippen MR) is 141 cm³/mol. The third-order valence-electron chi connectivity index (χ3n) is 5.98. The van der Waals surface area contributed by atoms with Gasteiger partial charge in [-0.25, -0.2) is 4.98 Å². The first-order valence-corrected chi connectivity index (χ1v) is 12.7. The molecule has 0 spiro atoms. The average Bonchev–Trinajstić information content (AvgIpc) is 3.13. The largest absolute Gasteiger partial charge is 0.494 e. The van der Waals surface area contributed by atoms with Gasteiger partial charge in [-0.2, -0.15) is 0 Å². The van der Waals surface area contributed by atoms with Gasteiger partial charge in [-0.3, -0.25) is 4.79 Å². The number of carbonyl (C=O) groups is 1. The number of aromatic nitrogens is 2. The second kappa shape index (κ2) is 11.7. The van der Waals surface area contributed by atoms with E-state index in [0.29, 0.717) is 6.61 Å². The van der Waals surface area contributed by atoms with E-state index in [1.807, 2.05) is 52.8 Å². The van der Waals surface area contributed by atoms with Crippen LogP contribution in [0, 0.1) is 19.3 Å². The molecule has 34 heavy (non-hydrogen) atoms. The number of nitrogens with one attached hydrogen (secondary N) is 1. The van der Waals surface area contributed by atoms with E-state index in [1.165, 1.54) is 5.52 Å². The van der Waals surface area contributed by atoms with Crippen molar-refractivity contribution < 1.29 is 9.53 Å². The Morgan fingerprint density at radius 1 is 1.06 bits per heavy atom. The van der Waals surface area contributed by atoms with E-state index in [0.717, 1.165) is 78.4 Å². The molecule has 6 heteroatoms. The van der Waals surface area contributed by atoms with Crippen LogP contribution in [-0.2, 0) is 17.8 Å². The number of hydrogen-bond acceptors (Lipinski definition) is 3. The highest BCUT2D eigenvalue weighted by molar-refractivity contribution is 6.32. The molecule has 1 amide bonds. The number of aryl methyl sites for hydroxylation is 4. The van der Waals surface area contributed by atoms with E-state index < -0.39 is 0 Å². The quantitative estimate of drug-likeness (QED) is 0.310. The highest BCUT2D eigenvalue weighted by Crippen LogP contribution is 2.26. The fraction of sp³-hybridized carbons (Fsp3) is 0.500. The molecule has 0 saturated carbocycles. The maximum atomic E-state index is 12.0. The summed E-state index contributed by atoms with van der Waals surface area (Å²) in [6.07, 6.45) is 4.92. The molecule has 3 rings (SSSR count). The maximum absolute atomic E-state index is 12.0. The van der Waals surface area contributed by atoms with Gasteiger partial charge in [-0.1, -0.05) is 50.9 Å². The SMILES string of the molecule is Cc1cc(OCCCn2c(CCCCCNC(=O)C(C)(C)C)nc3ccccc32)cc(C)c1Cl. The lowest BCUT2D eigenvalue weighted by molar-refractivity contribution is -0.128. The number of benzene rings is 2. The standard InChI is InChI=1S/C28H38ClN3O2/c1-20-18-22(19-21(2)26(20)29)34-17-11-16-32-24-13-9-8-12-23(24)31-25(32)14-7-6-10-15-30-27(33)28(3,4)5/h8-9,12-13,18-19H,6-7,10-11,14-17H2,1-5H3,(H,30,33). The molecule has 2 aromatic carbocycles. The number of unbranched alkanes of at least 4 members (excludes halogenated alkanes) is 2. The Balaban J connectivity index is 1.52. The van der Waals surface area contributed by atoms with E-state index >= 15 is 0 Å². The van der Waals surface area contributed by atoms with Gasteiger partial charge in [0.05, 0.1) is 17.6 Å². The average molecular weight is 484 g/mol. The van der Waals surface area contributed by atoms with Crippen LogP contribution in [0.2, 0.25) is 5.02 Å². The van der Waals surface area contributed by atoms with Crippen LogP contribution in [0.25, 0.3) is 11.0 Å². The summed E-state index contributed by atoms with van der Waals surface area (Å²) in [5.41, 5.74) is 3.96. The van der Waals surface area contributed by atoms with Crippen molar-refractivity contribution in [2.24, 2.45) is 5.41 Å². The van der Waals surface area contributed by atoms with E-state index in [-0.39, 0.29) is 11.3 Å². The minimum absolute atomic E-state index is 0.112. The summed E-state index contributed by atoms with van der Waals surface area (Å²) in [6.45, 7) is 12.1. The Kier molecular flexibility index (Phi) is 9.01. The molecule has 0 unspecified atom stereocenters. The first-order valence-electron chi connectivity index (χ1n) is 12.3. The van der Waals surface area contributed by atoms with Crippen LogP contribution in [-0.4, -0.2) is 28.6 Å². The van der Waals surface area contributed by atoms with Crippen molar-refractivity contribution in [1.82, 2.24) is 14.9 Å². The van der Waals surface area contributed by atoms with Gasteiger partial charge in [0.1, 0.15) is 11.6 Å². The molecule has 1 N–H and O–H groups in total. The Labute approximate surface area is 208 Å². The van der Waals surface area contributed by atoms with Crippen LogP contribution in [0.5, 0.6) is 5.75 Å². The first-order chi connectivity index (χ1) is 16.2. The number of carbonyl (C=O) groups excluding carboxylic acids is 1. The van der Waals surface area contributed by atoms with Crippen molar-refractivity contribution in [3.05, 3.63) is 58.4 Å². The second-order valence-corrected chi connectivity index (χ2v) is 10.4. The van der Waals surface area contributed by atoms with Crippen molar-refractivity contribution in [1.29, 1.82) is 0 Å². The summed E-state index contributed by atoms with van der Waals surface area (Å²) in [4.78, 5) is 16.9. The van der Waals surface area contributed by atoms with Gasteiger partial charge in [-0.15, -0.1) is 0 Å². The van der Waals surface area contributed by atoms with Crippen molar-refractivity contribution in [2.45, 2.75) is 73.3 Å². The van der Waals surface area contributed by atoms with Crippen LogP contribution in [0.1, 0.15) is 63.4 Å². The van der Waals surface area contributed by atoms with Crippen LogP contribution in [0.4, 0.5) is 0 Å². The zero-order valence-electron chi connectivity index (χ0n) is 21.2. The van der Waals surface area contributed by atoms with Crippen molar-refractivity contribution in [3.8, 4) is 5.75 Å². The number of nitrogens with zero attached hydrogens (tertiary/aromatic N) is 2. The van der Waals surface area contributed by atoms with Gasteiger partial charge in [0.25, 0.3) is 0 Å². The smallest absolute Gasteiger partial charge is 0.225 e. The van der Waals surface area contributed by atoms with Crippen LogP contribution >= 0.6 is 11.6 Å². The second-order valence-electron chi connectivity index (χ2n) is 10.1. The molecule has 3 aromatic rings. The zero-order valence-corrected chi connectivity index (χ0v) is 22.0. The molecule has 1 heterocycles. The molecule has 0 fully saturated rings. The summed E-state index contributed by atoms with van der Waals surface area (Å²) < 4.78 is 8.35. The number of imidazole rings is 1. The summed E-state index contributed by atoms with van der Waals surface area (Å²) in [5.74, 6) is 2.10. The zero-order chi connectivity index (χ0) is 24.7. The van der Waals surface area contributed by atoms with E-state index in [4.69, 9.17) is 21.3 Å². The third kappa shape index (κ3) is 6.99. The van der Waals surface area contributed by atoms with Gasteiger partial charge in [0.2, 0.25) is 5.91 Å². The Morgan fingerprint density at radius 3 is 2.47 bits per heavy atom. The highest BCUT2D eigenvalue weighted by Gasteiger charge is 2.20. The number of halogens is 1. The molecule has 0 radical (unpaired) electrons. The molecule has 0 bridgehead atoms. The monoisotopic (exact) mass is 483 g/mol. The fourth-order valence-corrected chi connectivity index (χ4v) is 4.13. The number of hydrogen-bond donors (Lipinski definition) is 1. The van der Waals surface area contributed by atoms with Crippen molar-refractivity contribution in [3.63, 3.8) is 0 Å². The van der Waals surface area contributed by atoms with Crippen molar-refractivity contribution >= 4 is 28.5 Å². The molecule has 184 valence electrons. The van der Waals surface area contributed by atoms with E-state index in [9.17, 15) is 4.79 Å². The molecule has 0 aliphatic heterocycles. The number of ether oxygens (including phenoxy) is 1. The third-order valence-corrected chi connectivity index (χ3v) is 6.58. The molecule has 1 aromatic heterocycles. The van der Waals surface area contributed by atoms with Gasteiger partial charge >= 0.3 is 0 Å². The minimum Gasteiger partial charge on any atom is -0.494 e. The first kappa shape index (κ1) is 26.1. The normalized spacial score (nSPS) is 11.7. The lowest BCUT2D eigenvalue weighted by atomic mass is 9.96. The van der Waals surface area contributed by atoms with E-state index in [2.05, 4.69) is 28.1 Å². The van der Waals surface area contributed by atoms with Crippen LogP contribution in [0.15, 0.2) is 36.4 Å². The minimum atomic E-state index is -0.334. The molecule has 0 atom stereocenters. The summed E-state index contributed by atoms with van der Waals surface area (Å²) in [5, 5.41) is 3.84. The van der Waals surface area contributed by atoms with Gasteiger partial charge in [0, 0.05) is 29.9 Å². The van der Waals surface area contributed by atoms with E-state index in [1.54, 1.807) is 0 Å². The fourth-order valence-electron chi connectivity index (χ4n) is 4.02. The number of rotatable bonds is 11. The highest BCUT2D eigenvalue weighted by atomic mass is 35.5. The Bertz CT molecular complexity index is 1090. The lowest BCUT2D eigenvalue weighted by Gasteiger charge is -2.17.